The van der Waals surface area contributed by atoms with Crippen LogP contribution in [0.2, 0.25) is 5.15 Å². The predicted molar refractivity (Wildman–Crippen MR) is 75.5 cm³/mol. The van der Waals surface area contributed by atoms with Crippen molar-refractivity contribution in [1.82, 2.24) is 9.71 Å². The Hall–Kier alpha value is -0.650. The van der Waals surface area contributed by atoms with Gasteiger partial charge in [0.25, 0.3) is 0 Å². The molecule has 19 heavy (non-hydrogen) atoms. The number of halogens is 1. The lowest BCUT2D eigenvalue weighted by atomic mass is 10.0. The Labute approximate surface area is 119 Å². The highest BCUT2D eigenvalue weighted by Crippen LogP contribution is 2.67. The Morgan fingerprint density at radius 3 is 2.26 bits per heavy atom. The van der Waals surface area contributed by atoms with Crippen LogP contribution >= 0.6 is 11.6 Å². The summed E-state index contributed by atoms with van der Waals surface area (Å²) >= 11 is 5.65. The van der Waals surface area contributed by atoms with Crippen LogP contribution in [-0.2, 0) is 10.0 Å². The molecule has 1 heterocycles. The molecule has 0 atom stereocenters. The topological polar surface area (TPSA) is 59.1 Å². The van der Waals surface area contributed by atoms with E-state index in [1.54, 1.807) is 0 Å². The van der Waals surface area contributed by atoms with Gasteiger partial charge in [-0.3, -0.25) is 0 Å². The van der Waals surface area contributed by atoms with Gasteiger partial charge in [-0.1, -0.05) is 39.3 Å². The van der Waals surface area contributed by atoms with Crippen LogP contribution in [-0.4, -0.2) is 19.9 Å². The maximum absolute atomic E-state index is 12.1. The summed E-state index contributed by atoms with van der Waals surface area (Å²) in [5.41, 5.74) is 0.321. The molecule has 0 spiro atoms. The molecule has 0 unspecified atom stereocenters. The first-order valence-electron chi connectivity index (χ1n) is 6.20. The van der Waals surface area contributed by atoms with Crippen molar-refractivity contribution < 1.29 is 8.42 Å². The fraction of sp³-hybridized carbons (Fsp3) is 0.615. The van der Waals surface area contributed by atoms with Gasteiger partial charge in [-0.2, -0.15) is 0 Å². The molecule has 4 nitrogen and oxygen atoms in total. The number of rotatable bonds is 4. The number of sulfonamides is 1. The van der Waals surface area contributed by atoms with Gasteiger partial charge in [0.05, 0.1) is 0 Å². The second-order valence-corrected chi connectivity index (χ2v) is 8.32. The summed E-state index contributed by atoms with van der Waals surface area (Å²) in [7, 11) is -3.50. The second kappa shape index (κ2) is 4.43. The highest BCUT2D eigenvalue weighted by molar-refractivity contribution is 7.89. The molecular formula is C13H19ClN2O2S. The van der Waals surface area contributed by atoms with Crippen LogP contribution in [0.1, 0.15) is 27.7 Å². The van der Waals surface area contributed by atoms with Crippen molar-refractivity contribution in [2.75, 3.05) is 6.54 Å². The monoisotopic (exact) mass is 302 g/mol. The van der Waals surface area contributed by atoms with E-state index in [4.69, 9.17) is 11.6 Å². The first kappa shape index (κ1) is 14.8. The van der Waals surface area contributed by atoms with Gasteiger partial charge < -0.3 is 0 Å². The fourth-order valence-electron chi connectivity index (χ4n) is 2.64. The largest absolute Gasteiger partial charge is 0.243 e. The van der Waals surface area contributed by atoms with Gasteiger partial charge >= 0.3 is 0 Å². The van der Waals surface area contributed by atoms with Gasteiger partial charge in [0.15, 0.2) is 0 Å². The van der Waals surface area contributed by atoms with Crippen molar-refractivity contribution in [3.63, 3.8) is 0 Å². The van der Waals surface area contributed by atoms with Gasteiger partial charge in [-0.15, -0.1) is 0 Å². The van der Waals surface area contributed by atoms with E-state index in [1.807, 2.05) is 0 Å². The van der Waals surface area contributed by atoms with Crippen molar-refractivity contribution in [2.45, 2.75) is 32.6 Å². The first-order valence-corrected chi connectivity index (χ1v) is 8.06. The summed E-state index contributed by atoms with van der Waals surface area (Å²) in [6, 6.07) is 2.93. The van der Waals surface area contributed by atoms with E-state index in [2.05, 4.69) is 37.4 Å². The lowest BCUT2D eigenvalue weighted by Crippen LogP contribution is -2.27. The van der Waals surface area contributed by atoms with E-state index in [0.29, 0.717) is 12.5 Å². The molecule has 0 aromatic carbocycles. The van der Waals surface area contributed by atoms with Crippen molar-refractivity contribution in [3.05, 3.63) is 23.5 Å². The van der Waals surface area contributed by atoms with E-state index in [9.17, 15) is 8.42 Å². The molecule has 0 saturated heterocycles. The van der Waals surface area contributed by atoms with E-state index < -0.39 is 10.0 Å². The highest BCUT2D eigenvalue weighted by atomic mass is 35.5. The van der Waals surface area contributed by atoms with Gasteiger partial charge in [-0.05, 0) is 28.9 Å². The van der Waals surface area contributed by atoms with Gasteiger partial charge in [0, 0.05) is 12.7 Å². The molecule has 1 aromatic rings. The van der Waals surface area contributed by atoms with Crippen LogP contribution in [0, 0.1) is 16.7 Å². The van der Waals surface area contributed by atoms with Gasteiger partial charge in [-0.25, -0.2) is 18.1 Å². The Balaban J connectivity index is 2.06. The Morgan fingerprint density at radius 1 is 1.26 bits per heavy atom. The molecule has 1 aliphatic carbocycles. The lowest BCUT2D eigenvalue weighted by Gasteiger charge is -2.07. The quantitative estimate of drug-likeness (QED) is 0.870. The molecule has 6 heteroatoms. The normalized spacial score (nSPS) is 21.3. The predicted octanol–water partition coefficient (Wildman–Crippen LogP) is 2.70. The minimum Gasteiger partial charge on any atom is -0.243 e. The summed E-state index contributed by atoms with van der Waals surface area (Å²) in [5.74, 6) is 0.343. The van der Waals surface area contributed by atoms with E-state index in [0.717, 1.165) is 0 Å². The number of nitrogens with one attached hydrogen (secondary N) is 1. The number of hydrogen-bond donors (Lipinski definition) is 1. The van der Waals surface area contributed by atoms with Crippen molar-refractivity contribution in [2.24, 2.45) is 16.7 Å². The average Bonchev–Trinajstić information content (AvgIpc) is 2.67. The van der Waals surface area contributed by atoms with Crippen molar-refractivity contribution in [1.29, 1.82) is 0 Å². The Kier molecular flexibility index (Phi) is 3.44. The zero-order chi connectivity index (χ0) is 14.5. The first-order chi connectivity index (χ1) is 8.59. The SMILES string of the molecule is CC1(C)C(CNS(=O)(=O)c2ccc(Cl)nc2)C1(C)C. The minimum atomic E-state index is -3.50. The maximum Gasteiger partial charge on any atom is 0.242 e. The van der Waals surface area contributed by atoms with Crippen LogP contribution in [0.15, 0.2) is 23.2 Å². The van der Waals surface area contributed by atoms with Gasteiger partial charge in [0.1, 0.15) is 10.0 Å². The molecule has 1 fully saturated rings. The summed E-state index contributed by atoms with van der Waals surface area (Å²) < 4.78 is 26.9. The fourth-order valence-corrected chi connectivity index (χ4v) is 3.74. The zero-order valence-electron chi connectivity index (χ0n) is 11.6. The number of aromatic nitrogens is 1. The molecule has 0 radical (unpaired) electrons. The summed E-state index contributed by atoms with van der Waals surface area (Å²) in [6.45, 7) is 9.10. The molecular weight excluding hydrogens is 284 g/mol. The zero-order valence-corrected chi connectivity index (χ0v) is 13.1. The lowest BCUT2D eigenvalue weighted by molar-refractivity contribution is 0.457. The Bertz CT molecular complexity index is 565. The van der Waals surface area contributed by atoms with Crippen LogP contribution in [0.3, 0.4) is 0 Å². The summed E-state index contributed by atoms with van der Waals surface area (Å²) in [6.07, 6.45) is 1.27. The molecule has 2 rings (SSSR count). The maximum atomic E-state index is 12.1. The smallest absolute Gasteiger partial charge is 0.242 e. The third kappa shape index (κ3) is 2.51. The van der Waals surface area contributed by atoms with E-state index >= 15 is 0 Å². The Morgan fingerprint density at radius 2 is 1.84 bits per heavy atom. The number of hydrogen-bond acceptors (Lipinski definition) is 3. The molecule has 1 saturated carbocycles. The highest BCUT2D eigenvalue weighted by Gasteiger charge is 2.64. The summed E-state index contributed by atoms with van der Waals surface area (Å²) in [4.78, 5) is 3.94. The minimum absolute atomic E-state index is 0.146. The molecule has 0 aliphatic heterocycles. The third-order valence-electron chi connectivity index (χ3n) is 4.81. The summed E-state index contributed by atoms with van der Waals surface area (Å²) in [5, 5.41) is 0.281. The van der Waals surface area contributed by atoms with Crippen molar-refractivity contribution >= 4 is 21.6 Å². The molecule has 1 N–H and O–H groups in total. The van der Waals surface area contributed by atoms with Crippen molar-refractivity contribution in [3.8, 4) is 0 Å². The molecule has 106 valence electrons. The standard InChI is InChI=1S/C13H19ClN2O2S/c1-12(2)10(13(12,3)4)8-16-19(17,18)9-5-6-11(14)15-7-9/h5-7,10,16H,8H2,1-4H3. The number of pyridine rings is 1. The molecule has 1 aliphatic rings. The molecule has 0 amide bonds. The number of nitrogens with zero attached hydrogens (tertiary/aromatic N) is 1. The second-order valence-electron chi connectivity index (χ2n) is 6.16. The third-order valence-corrected chi connectivity index (χ3v) is 6.44. The van der Waals surface area contributed by atoms with Crippen LogP contribution < -0.4 is 4.72 Å². The van der Waals surface area contributed by atoms with Crippen LogP contribution in [0.5, 0.6) is 0 Å². The molecule has 0 bridgehead atoms. The average molecular weight is 303 g/mol. The van der Waals surface area contributed by atoms with Crippen LogP contribution in [0.4, 0.5) is 0 Å². The van der Waals surface area contributed by atoms with Crippen LogP contribution in [0.25, 0.3) is 0 Å². The van der Waals surface area contributed by atoms with E-state index in [-0.39, 0.29) is 20.9 Å². The van der Waals surface area contributed by atoms with E-state index in [1.165, 1.54) is 18.3 Å². The molecule has 1 aromatic heterocycles. The van der Waals surface area contributed by atoms with Gasteiger partial charge in [0.2, 0.25) is 10.0 Å².